The van der Waals surface area contributed by atoms with Crippen molar-refractivity contribution in [1.82, 2.24) is 4.90 Å². The lowest BCUT2D eigenvalue weighted by Crippen LogP contribution is -2.34. The first kappa shape index (κ1) is 15.1. The summed E-state index contributed by atoms with van der Waals surface area (Å²) < 4.78 is 18.6. The predicted molar refractivity (Wildman–Crippen MR) is 72.7 cm³/mol. The van der Waals surface area contributed by atoms with Crippen LogP contribution in [0.4, 0.5) is 4.39 Å². The Morgan fingerprint density at radius 2 is 2.22 bits per heavy atom. The summed E-state index contributed by atoms with van der Waals surface area (Å²) in [5, 5.41) is 0. The highest BCUT2D eigenvalue weighted by Crippen LogP contribution is 2.13. The molecule has 1 aromatic carbocycles. The SMILES string of the molecule is COCC(Br)CN(C)C(=O)c1ccc(C)cc1F. The second-order valence-electron chi connectivity index (χ2n) is 4.22. The third kappa shape index (κ3) is 4.07. The Morgan fingerprint density at radius 1 is 1.56 bits per heavy atom. The van der Waals surface area contributed by atoms with Gasteiger partial charge in [-0.25, -0.2) is 4.39 Å². The van der Waals surface area contributed by atoms with Gasteiger partial charge < -0.3 is 9.64 Å². The summed E-state index contributed by atoms with van der Waals surface area (Å²) in [5.74, 6) is -0.808. The maximum absolute atomic E-state index is 13.7. The Kier molecular flexibility index (Phi) is 5.75. The van der Waals surface area contributed by atoms with Crippen molar-refractivity contribution < 1.29 is 13.9 Å². The molecule has 1 amide bonds. The fraction of sp³-hybridized carbons (Fsp3) is 0.462. The normalized spacial score (nSPS) is 12.3. The maximum atomic E-state index is 13.7. The van der Waals surface area contributed by atoms with Crippen molar-refractivity contribution in [1.29, 1.82) is 0 Å². The molecular formula is C13H17BrFNO2. The monoisotopic (exact) mass is 317 g/mol. The van der Waals surface area contributed by atoms with Gasteiger partial charge in [-0.05, 0) is 24.6 Å². The molecule has 0 aromatic heterocycles. The Balaban J connectivity index is 2.74. The standard InChI is InChI=1S/C13H17BrFNO2/c1-9-4-5-11(12(15)6-9)13(17)16(2)7-10(14)8-18-3/h4-6,10H,7-8H2,1-3H3. The molecule has 1 atom stereocenters. The van der Waals surface area contributed by atoms with Gasteiger partial charge in [0, 0.05) is 20.7 Å². The Labute approximate surface area is 115 Å². The highest BCUT2D eigenvalue weighted by molar-refractivity contribution is 9.09. The van der Waals surface area contributed by atoms with Gasteiger partial charge in [-0.15, -0.1) is 0 Å². The van der Waals surface area contributed by atoms with Crippen LogP contribution < -0.4 is 0 Å². The number of nitrogens with zero attached hydrogens (tertiary/aromatic N) is 1. The third-order valence-corrected chi connectivity index (χ3v) is 3.08. The number of rotatable bonds is 5. The van der Waals surface area contributed by atoms with Gasteiger partial charge in [-0.3, -0.25) is 4.79 Å². The summed E-state index contributed by atoms with van der Waals surface area (Å²) in [6.45, 7) is 2.74. The summed E-state index contributed by atoms with van der Waals surface area (Å²) >= 11 is 3.40. The number of carbonyl (C=O) groups is 1. The number of aryl methyl sites for hydroxylation is 1. The van der Waals surface area contributed by atoms with Crippen LogP contribution in [0.2, 0.25) is 0 Å². The molecule has 0 aliphatic heterocycles. The van der Waals surface area contributed by atoms with E-state index in [1.165, 1.54) is 17.0 Å². The second kappa shape index (κ2) is 6.85. The molecule has 0 bridgehead atoms. The van der Waals surface area contributed by atoms with Crippen LogP contribution in [0, 0.1) is 12.7 Å². The summed E-state index contributed by atoms with van der Waals surface area (Å²) in [4.78, 5) is 13.6. The first-order valence-corrected chi connectivity index (χ1v) is 6.52. The van der Waals surface area contributed by atoms with E-state index < -0.39 is 5.82 Å². The van der Waals surface area contributed by atoms with E-state index in [4.69, 9.17) is 4.74 Å². The van der Waals surface area contributed by atoms with Crippen LogP contribution in [0.3, 0.4) is 0 Å². The first-order valence-electron chi connectivity index (χ1n) is 5.60. The Bertz CT molecular complexity index is 425. The molecule has 0 N–H and O–H groups in total. The van der Waals surface area contributed by atoms with Gasteiger partial charge >= 0.3 is 0 Å². The van der Waals surface area contributed by atoms with E-state index in [-0.39, 0.29) is 16.3 Å². The quantitative estimate of drug-likeness (QED) is 0.781. The molecule has 100 valence electrons. The number of ether oxygens (including phenoxy) is 1. The largest absolute Gasteiger partial charge is 0.383 e. The minimum Gasteiger partial charge on any atom is -0.383 e. The average Bonchev–Trinajstić information content (AvgIpc) is 2.28. The van der Waals surface area contributed by atoms with Gasteiger partial charge in [-0.2, -0.15) is 0 Å². The smallest absolute Gasteiger partial charge is 0.256 e. The van der Waals surface area contributed by atoms with Gasteiger partial charge in [-0.1, -0.05) is 22.0 Å². The van der Waals surface area contributed by atoms with E-state index >= 15 is 0 Å². The van der Waals surface area contributed by atoms with Crippen LogP contribution in [0.15, 0.2) is 18.2 Å². The summed E-state index contributed by atoms with van der Waals surface area (Å²) in [5.41, 5.74) is 0.893. The van der Waals surface area contributed by atoms with Crippen LogP contribution in [0.1, 0.15) is 15.9 Å². The number of hydrogen-bond donors (Lipinski definition) is 0. The molecular weight excluding hydrogens is 301 g/mol. The summed E-state index contributed by atoms with van der Waals surface area (Å²) in [6.07, 6.45) is 0. The molecule has 0 saturated heterocycles. The van der Waals surface area contributed by atoms with E-state index in [2.05, 4.69) is 15.9 Å². The molecule has 1 rings (SSSR count). The van der Waals surface area contributed by atoms with Crippen molar-refractivity contribution in [2.24, 2.45) is 0 Å². The maximum Gasteiger partial charge on any atom is 0.256 e. The number of carbonyl (C=O) groups excluding carboxylic acids is 1. The van der Waals surface area contributed by atoms with Gasteiger partial charge in [0.2, 0.25) is 0 Å². The van der Waals surface area contributed by atoms with E-state index in [0.29, 0.717) is 13.2 Å². The molecule has 0 fully saturated rings. The highest BCUT2D eigenvalue weighted by Gasteiger charge is 2.18. The highest BCUT2D eigenvalue weighted by atomic mass is 79.9. The lowest BCUT2D eigenvalue weighted by atomic mass is 10.1. The molecule has 0 aliphatic rings. The van der Waals surface area contributed by atoms with Gasteiger partial charge in [0.1, 0.15) is 5.82 Å². The van der Waals surface area contributed by atoms with Crippen LogP contribution in [0.25, 0.3) is 0 Å². The fourth-order valence-electron chi connectivity index (χ4n) is 1.61. The van der Waals surface area contributed by atoms with Gasteiger partial charge in [0.05, 0.1) is 17.0 Å². The number of halogens is 2. The Hall–Kier alpha value is -0.940. The zero-order valence-corrected chi connectivity index (χ0v) is 12.3. The molecule has 0 radical (unpaired) electrons. The van der Waals surface area contributed by atoms with E-state index in [0.717, 1.165) is 5.56 Å². The van der Waals surface area contributed by atoms with Crippen molar-refractivity contribution in [3.8, 4) is 0 Å². The molecule has 18 heavy (non-hydrogen) atoms. The first-order chi connectivity index (χ1) is 8.45. The molecule has 1 unspecified atom stereocenters. The van der Waals surface area contributed by atoms with E-state index in [1.807, 2.05) is 0 Å². The molecule has 3 nitrogen and oxygen atoms in total. The zero-order valence-electron chi connectivity index (χ0n) is 10.7. The summed E-state index contributed by atoms with van der Waals surface area (Å²) in [6, 6.07) is 4.61. The fourth-order valence-corrected chi connectivity index (χ4v) is 2.31. The lowest BCUT2D eigenvalue weighted by molar-refractivity contribution is 0.0779. The molecule has 5 heteroatoms. The number of methoxy groups -OCH3 is 1. The van der Waals surface area contributed by atoms with Gasteiger partial charge in [0.15, 0.2) is 0 Å². The second-order valence-corrected chi connectivity index (χ2v) is 5.52. The van der Waals surface area contributed by atoms with Crippen molar-refractivity contribution in [2.45, 2.75) is 11.8 Å². The average molecular weight is 318 g/mol. The molecule has 0 spiro atoms. The lowest BCUT2D eigenvalue weighted by Gasteiger charge is -2.20. The minimum atomic E-state index is -0.482. The Morgan fingerprint density at radius 3 is 2.78 bits per heavy atom. The van der Waals surface area contributed by atoms with Crippen molar-refractivity contribution >= 4 is 21.8 Å². The predicted octanol–water partition coefficient (Wildman–Crippen LogP) is 2.62. The van der Waals surface area contributed by atoms with Crippen molar-refractivity contribution in [2.75, 3.05) is 27.3 Å². The van der Waals surface area contributed by atoms with Crippen LogP contribution >= 0.6 is 15.9 Å². The van der Waals surface area contributed by atoms with Crippen LogP contribution in [-0.4, -0.2) is 42.9 Å². The van der Waals surface area contributed by atoms with Gasteiger partial charge in [0.25, 0.3) is 5.91 Å². The minimum absolute atomic E-state index is 0.0324. The third-order valence-electron chi connectivity index (χ3n) is 2.52. The molecule has 0 saturated carbocycles. The van der Waals surface area contributed by atoms with Crippen LogP contribution in [0.5, 0.6) is 0 Å². The zero-order chi connectivity index (χ0) is 13.7. The molecule has 1 aromatic rings. The topological polar surface area (TPSA) is 29.5 Å². The van der Waals surface area contributed by atoms with E-state index in [9.17, 15) is 9.18 Å². The molecule has 0 aliphatic carbocycles. The van der Waals surface area contributed by atoms with Crippen molar-refractivity contribution in [3.05, 3.63) is 35.1 Å². The van der Waals surface area contributed by atoms with Crippen molar-refractivity contribution in [3.63, 3.8) is 0 Å². The van der Waals surface area contributed by atoms with Crippen LogP contribution in [-0.2, 0) is 4.74 Å². The number of amides is 1. The molecule has 0 heterocycles. The summed E-state index contributed by atoms with van der Waals surface area (Å²) in [7, 11) is 3.24. The van der Waals surface area contributed by atoms with E-state index in [1.54, 1.807) is 27.1 Å². The number of hydrogen-bond acceptors (Lipinski definition) is 2. The number of alkyl halides is 1. The number of benzene rings is 1.